The van der Waals surface area contributed by atoms with E-state index in [1.54, 1.807) is 18.3 Å². The molecule has 5 N–H and O–H groups in total. The number of fused-ring (bicyclic) bond motifs is 1. The van der Waals surface area contributed by atoms with Gasteiger partial charge < -0.3 is 26.3 Å². The summed E-state index contributed by atoms with van der Waals surface area (Å²) in [7, 11) is 0. The Bertz CT molecular complexity index is 1460. The Labute approximate surface area is 250 Å². The number of aromatic amines is 1. The average molecular weight is 586 g/mol. The summed E-state index contributed by atoms with van der Waals surface area (Å²) in [5.41, 5.74) is 2.15. The number of aromatic nitrogens is 1. The SMILES string of the molecule is O=C(NCc1ccccc1)C(=O)[C@H](C[C@@H]1CCNC1=O)NC(=O)[C@H](CC1CCCCC1)NC(=O)c1ccc2[nH]ccc2c1. The Morgan fingerprint density at radius 1 is 0.860 bits per heavy atom. The molecule has 0 spiro atoms. The zero-order chi connectivity index (χ0) is 30.2. The highest BCUT2D eigenvalue weighted by atomic mass is 16.2. The Hall–Kier alpha value is -4.47. The van der Waals surface area contributed by atoms with E-state index in [1.165, 1.54) is 0 Å². The first-order chi connectivity index (χ1) is 20.9. The van der Waals surface area contributed by atoms with Crippen molar-refractivity contribution in [3.05, 3.63) is 71.9 Å². The molecule has 1 saturated heterocycles. The summed E-state index contributed by atoms with van der Waals surface area (Å²) in [4.78, 5) is 69.0. The summed E-state index contributed by atoms with van der Waals surface area (Å²) in [6.45, 7) is 0.631. The number of nitrogens with one attached hydrogen (secondary N) is 5. The lowest BCUT2D eigenvalue weighted by atomic mass is 9.84. The fraction of sp³-hybridized carbons (Fsp3) is 0.424. The molecule has 2 aromatic carbocycles. The predicted molar refractivity (Wildman–Crippen MR) is 162 cm³/mol. The van der Waals surface area contributed by atoms with Gasteiger partial charge in [-0.25, -0.2) is 0 Å². The van der Waals surface area contributed by atoms with Gasteiger partial charge in [-0.3, -0.25) is 24.0 Å². The first kappa shape index (κ1) is 30.0. The van der Waals surface area contributed by atoms with E-state index in [0.717, 1.165) is 48.6 Å². The van der Waals surface area contributed by atoms with Gasteiger partial charge in [-0.15, -0.1) is 0 Å². The molecule has 5 rings (SSSR count). The molecule has 1 aliphatic heterocycles. The van der Waals surface area contributed by atoms with Crippen LogP contribution in [-0.2, 0) is 25.7 Å². The van der Waals surface area contributed by atoms with Crippen molar-refractivity contribution in [1.82, 2.24) is 26.3 Å². The summed E-state index contributed by atoms with van der Waals surface area (Å²) in [5, 5.41) is 11.9. The molecule has 2 heterocycles. The minimum Gasteiger partial charge on any atom is -0.361 e. The summed E-state index contributed by atoms with van der Waals surface area (Å²) < 4.78 is 0. The standard InChI is InChI=1S/C33H39N5O5/c39-29(33(43)36-20-22-9-5-2-6-10-22)27(19-25-14-16-35-30(25)40)37-32(42)28(17-21-7-3-1-4-8-21)38-31(41)24-11-12-26-23(18-24)13-15-34-26/h2,5-6,9-13,15,18,21,25,27-28,34H,1,3-4,7-8,14,16-17,19-20H2,(H,35,40)(H,36,43)(H,37,42)(H,38,41)/t25-,27-,28-/m0/s1. The van der Waals surface area contributed by atoms with Crippen LogP contribution in [0.1, 0.15) is 67.3 Å². The van der Waals surface area contributed by atoms with E-state index in [4.69, 9.17) is 0 Å². The minimum atomic E-state index is -1.21. The van der Waals surface area contributed by atoms with E-state index in [-0.39, 0.29) is 24.8 Å². The van der Waals surface area contributed by atoms with Gasteiger partial charge in [0.25, 0.3) is 11.8 Å². The maximum atomic E-state index is 13.8. The van der Waals surface area contributed by atoms with Crippen molar-refractivity contribution in [2.75, 3.05) is 6.54 Å². The number of carbonyl (C=O) groups excluding carboxylic acids is 5. The van der Waals surface area contributed by atoms with Gasteiger partial charge in [-0.2, -0.15) is 0 Å². The van der Waals surface area contributed by atoms with Gasteiger partial charge in [0.2, 0.25) is 17.6 Å². The molecule has 0 bridgehead atoms. The number of hydrogen-bond donors (Lipinski definition) is 5. The number of Topliss-reactive ketones (excluding diaryl/α,β-unsaturated/α-hetero) is 1. The van der Waals surface area contributed by atoms with Gasteiger partial charge in [0.05, 0.1) is 6.04 Å². The van der Waals surface area contributed by atoms with Crippen LogP contribution in [0.5, 0.6) is 0 Å². The zero-order valence-corrected chi connectivity index (χ0v) is 24.2. The Balaban J connectivity index is 1.32. The Morgan fingerprint density at radius 3 is 2.40 bits per heavy atom. The second kappa shape index (κ2) is 14.1. The van der Waals surface area contributed by atoms with Crippen LogP contribution in [0.3, 0.4) is 0 Å². The third kappa shape index (κ3) is 7.88. The summed E-state index contributed by atoms with van der Waals surface area (Å²) in [6, 6.07) is 14.2. The van der Waals surface area contributed by atoms with Crippen molar-refractivity contribution in [2.24, 2.45) is 11.8 Å². The molecule has 43 heavy (non-hydrogen) atoms. The molecule has 1 aliphatic carbocycles. The van der Waals surface area contributed by atoms with E-state index in [9.17, 15) is 24.0 Å². The van der Waals surface area contributed by atoms with Crippen LogP contribution in [0.4, 0.5) is 0 Å². The number of carbonyl (C=O) groups is 5. The van der Waals surface area contributed by atoms with Gasteiger partial charge in [-0.1, -0.05) is 62.4 Å². The third-order valence-electron chi connectivity index (χ3n) is 8.57. The molecule has 2 fully saturated rings. The van der Waals surface area contributed by atoms with Crippen molar-refractivity contribution < 1.29 is 24.0 Å². The van der Waals surface area contributed by atoms with Crippen LogP contribution < -0.4 is 21.3 Å². The largest absolute Gasteiger partial charge is 0.361 e. The number of H-pyrrole nitrogens is 1. The van der Waals surface area contributed by atoms with Crippen LogP contribution in [0.25, 0.3) is 10.9 Å². The zero-order valence-electron chi connectivity index (χ0n) is 24.2. The molecule has 3 atom stereocenters. The molecule has 1 saturated carbocycles. The maximum Gasteiger partial charge on any atom is 0.289 e. The van der Waals surface area contributed by atoms with E-state index >= 15 is 0 Å². The number of hydrogen-bond acceptors (Lipinski definition) is 5. The van der Waals surface area contributed by atoms with Crippen LogP contribution in [0.2, 0.25) is 0 Å². The Kier molecular flexibility index (Phi) is 9.86. The quantitative estimate of drug-likeness (QED) is 0.207. The first-order valence-corrected chi connectivity index (χ1v) is 15.2. The third-order valence-corrected chi connectivity index (χ3v) is 8.57. The molecule has 10 heteroatoms. The normalized spacial score (nSPS) is 18.4. The van der Waals surface area contributed by atoms with Gasteiger partial charge in [-0.05, 0) is 55.0 Å². The monoisotopic (exact) mass is 585 g/mol. The lowest BCUT2D eigenvalue weighted by Gasteiger charge is -2.28. The second-order valence-corrected chi connectivity index (χ2v) is 11.7. The average Bonchev–Trinajstić information content (AvgIpc) is 3.67. The van der Waals surface area contributed by atoms with Crippen molar-refractivity contribution in [1.29, 1.82) is 0 Å². The highest BCUT2D eigenvalue weighted by molar-refractivity contribution is 6.38. The van der Waals surface area contributed by atoms with Gasteiger partial charge >= 0.3 is 0 Å². The molecule has 226 valence electrons. The fourth-order valence-corrected chi connectivity index (χ4v) is 6.11. The summed E-state index contributed by atoms with van der Waals surface area (Å²) in [6.07, 6.45) is 7.93. The molecule has 1 aromatic heterocycles. The molecule has 0 radical (unpaired) electrons. The molecule has 0 unspecified atom stereocenters. The number of rotatable bonds is 12. The first-order valence-electron chi connectivity index (χ1n) is 15.2. The van der Waals surface area contributed by atoms with Crippen molar-refractivity contribution >= 4 is 40.3 Å². The topological polar surface area (TPSA) is 149 Å². The van der Waals surface area contributed by atoms with E-state index in [2.05, 4.69) is 26.3 Å². The lowest BCUT2D eigenvalue weighted by Crippen LogP contribution is -2.55. The van der Waals surface area contributed by atoms with Gasteiger partial charge in [0.1, 0.15) is 6.04 Å². The van der Waals surface area contributed by atoms with Crippen molar-refractivity contribution in [3.8, 4) is 0 Å². The molecule has 2 aliphatic rings. The number of ketones is 1. The van der Waals surface area contributed by atoms with E-state index in [1.807, 2.05) is 42.5 Å². The fourth-order valence-electron chi connectivity index (χ4n) is 6.11. The highest BCUT2D eigenvalue weighted by Crippen LogP contribution is 2.28. The molecule has 4 amide bonds. The van der Waals surface area contributed by atoms with Crippen LogP contribution in [-0.4, -0.2) is 53.0 Å². The Morgan fingerprint density at radius 2 is 1.65 bits per heavy atom. The van der Waals surface area contributed by atoms with Gasteiger partial charge in [0, 0.05) is 41.7 Å². The summed E-state index contributed by atoms with van der Waals surface area (Å²) >= 11 is 0. The summed E-state index contributed by atoms with van der Waals surface area (Å²) in [5.74, 6) is -3.03. The molecular weight excluding hydrogens is 546 g/mol. The highest BCUT2D eigenvalue weighted by Gasteiger charge is 2.36. The molecule has 10 nitrogen and oxygen atoms in total. The molecule has 3 aromatic rings. The predicted octanol–water partition coefficient (Wildman–Crippen LogP) is 3.13. The van der Waals surface area contributed by atoms with Crippen molar-refractivity contribution in [2.45, 2.75) is 70.0 Å². The lowest BCUT2D eigenvalue weighted by molar-refractivity contribution is -0.141. The van der Waals surface area contributed by atoms with Crippen LogP contribution >= 0.6 is 0 Å². The van der Waals surface area contributed by atoms with E-state index < -0.39 is 41.5 Å². The second-order valence-electron chi connectivity index (χ2n) is 11.7. The smallest absolute Gasteiger partial charge is 0.289 e. The van der Waals surface area contributed by atoms with Crippen LogP contribution in [0.15, 0.2) is 60.8 Å². The van der Waals surface area contributed by atoms with E-state index in [0.29, 0.717) is 24.9 Å². The molecular formula is C33H39N5O5. The minimum absolute atomic E-state index is 0.00339. The maximum absolute atomic E-state index is 13.8. The van der Waals surface area contributed by atoms with Crippen LogP contribution in [0, 0.1) is 11.8 Å². The number of benzene rings is 2. The van der Waals surface area contributed by atoms with Gasteiger partial charge in [0.15, 0.2) is 0 Å². The number of amides is 4. The van der Waals surface area contributed by atoms with Crippen molar-refractivity contribution in [3.63, 3.8) is 0 Å².